The van der Waals surface area contributed by atoms with E-state index in [0.717, 1.165) is 28.7 Å². The summed E-state index contributed by atoms with van der Waals surface area (Å²) in [5.41, 5.74) is 1.68. The third kappa shape index (κ3) is 4.27. The number of nitrogens with zero attached hydrogens (tertiary/aromatic N) is 2. The number of aromatic nitrogens is 1. The number of rotatable bonds is 7. The number of hydrogen-bond acceptors (Lipinski definition) is 6. The van der Waals surface area contributed by atoms with Crippen molar-refractivity contribution in [3.8, 4) is 15.6 Å². The van der Waals surface area contributed by atoms with Crippen LogP contribution in [0, 0.1) is 0 Å². The average molecular weight is 414 g/mol. The van der Waals surface area contributed by atoms with Crippen molar-refractivity contribution in [2.24, 2.45) is 0 Å². The average Bonchev–Trinajstić information content (AvgIpc) is 3.50. The molecule has 1 atom stereocenters. The van der Waals surface area contributed by atoms with E-state index in [-0.39, 0.29) is 11.9 Å². The van der Waals surface area contributed by atoms with E-state index in [1.165, 1.54) is 29.7 Å². The number of thiophene rings is 1. The van der Waals surface area contributed by atoms with Crippen molar-refractivity contribution in [2.75, 3.05) is 26.7 Å². The smallest absolute Gasteiger partial charge is 0.270 e. The Morgan fingerprint density at radius 1 is 1.21 bits per heavy atom. The Morgan fingerprint density at radius 3 is 2.68 bits per heavy atom. The SMILES string of the molecule is COc1ccc(C(CNC(=O)c2csc(-c3cccs3)n2)N2CCCC2)cc1. The van der Waals surface area contributed by atoms with Crippen LogP contribution in [0.2, 0.25) is 0 Å². The number of methoxy groups -OCH3 is 1. The van der Waals surface area contributed by atoms with Crippen molar-refractivity contribution in [3.05, 3.63) is 58.4 Å². The molecule has 1 saturated heterocycles. The van der Waals surface area contributed by atoms with E-state index in [1.54, 1.807) is 18.4 Å². The lowest BCUT2D eigenvalue weighted by molar-refractivity contribution is 0.0933. The highest BCUT2D eigenvalue weighted by molar-refractivity contribution is 7.20. The van der Waals surface area contributed by atoms with Gasteiger partial charge in [-0.1, -0.05) is 18.2 Å². The Labute approximate surface area is 173 Å². The first-order valence-electron chi connectivity index (χ1n) is 9.40. The maximum absolute atomic E-state index is 12.7. The fraction of sp³-hybridized carbons (Fsp3) is 0.333. The number of benzene rings is 1. The number of ether oxygens (including phenoxy) is 1. The highest BCUT2D eigenvalue weighted by Gasteiger charge is 2.24. The van der Waals surface area contributed by atoms with E-state index >= 15 is 0 Å². The third-order valence-electron chi connectivity index (χ3n) is 5.01. The molecule has 0 saturated carbocycles. The predicted octanol–water partition coefficient (Wildman–Crippen LogP) is 4.45. The van der Waals surface area contributed by atoms with Gasteiger partial charge in [-0.25, -0.2) is 4.98 Å². The lowest BCUT2D eigenvalue weighted by Gasteiger charge is -2.28. The lowest BCUT2D eigenvalue weighted by atomic mass is 10.1. The van der Waals surface area contributed by atoms with Crippen LogP contribution in [0.25, 0.3) is 9.88 Å². The van der Waals surface area contributed by atoms with E-state index in [9.17, 15) is 4.79 Å². The Kier molecular flexibility index (Phi) is 6.04. The number of carbonyl (C=O) groups excluding carboxylic acids is 1. The van der Waals surface area contributed by atoms with E-state index in [0.29, 0.717) is 12.2 Å². The molecule has 7 heteroatoms. The molecule has 3 aromatic rings. The largest absolute Gasteiger partial charge is 0.497 e. The molecule has 28 heavy (non-hydrogen) atoms. The van der Waals surface area contributed by atoms with Crippen LogP contribution >= 0.6 is 22.7 Å². The zero-order valence-corrected chi connectivity index (χ0v) is 17.4. The van der Waals surface area contributed by atoms with Gasteiger partial charge >= 0.3 is 0 Å². The van der Waals surface area contributed by atoms with Gasteiger partial charge in [0.1, 0.15) is 16.5 Å². The van der Waals surface area contributed by atoms with Gasteiger partial charge in [-0.15, -0.1) is 22.7 Å². The summed E-state index contributed by atoms with van der Waals surface area (Å²) in [6.07, 6.45) is 2.41. The molecule has 1 aromatic carbocycles. The van der Waals surface area contributed by atoms with Gasteiger partial charge in [-0.2, -0.15) is 0 Å². The molecule has 0 spiro atoms. The number of thiazole rings is 1. The lowest BCUT2D eigenvalue weighted by Crippen LogP contribution is -2.36. The Balaban J connectivity index is 1.45. The van der Waals surface area contributed by atoms with Crippen molar-refractivity contribution in [3.63, 3.8) is 0 Å². The minimum Gasteiger partial charge on any atom is -0.497 e. The summed E-state index contributed by atoms with van der Waals surface area (Å²) < 4.78 is 5.27. The van der Waals surface area contributed by atoms with Crippen LogP contribution < -0.4 is 10.1 Å². The molecular formula is C21H23N3O2S2. The van der Waals surface area contributed by atoms with Crippen molar-refractivity contribution >= 4 is 28.6 Å². The molecule has 1 amide bonds. The molecule has 1 aliphatic rings. The summed E-state index contributed by atoms with van der Waals surface area (Å²) in [6.45, 7) is 2.69. The van der Waals surface area contributed by atoms with Crippen LogP contribution in [0.3, 0.4) is 0 Å². The number of amides is 1. The quantitative estimate of drug-likeness (QED) is 0.622. The molecular weight excluding hydrogens is 390 g/mol. The summed E-state index contributed by atoms with van der Waals surface area (Å²) in [5, 5.41) is 7.85. The maximum Gasteiger partial charge on any atom is 0.270 e. The highest BCUT2D eigenvalue weighted by atomic mass is 32.1. The molecule has 0 radical (unpaired) electrons. The summed E-state index contributed by atoms with van der Waals surface area (Å²) in [7, 11) is 1.67. The fourth-order valence-corrected chi connectivity index (χ4v) is 5.12. The summed E-state index contributed by atoms with van der Waals surface area (Å²) in [6, 6.07) is 12.3. The van der Waals surface area contributed by atoms with E-state index in [1.807, 2.05) is 35.0 Å². The second kappa shape index (κ2) is 8.86. The summed E-state index contributed by atoms with van der Waals surface area (Å²) in [5.74, 6) is 0.730. The molecule has 1 N–H and O–H groups in total. The van der Waals surface area contributed by atoms with Gasteiger partial charge < -0.3 is 10.1 Å². The summed E-state index contributed by atoms with van der Waals surface area (Å²) in [4.78, 5) is 20.7. The van der Waals surface area contributed by atoms with Crippen LogP contribution in [-0.2, 0) is 0 Å². The molecule has 4 rings (SSSR count). The van der Waals surface area contributed by atoms with Gasteiger partial charge in [-0.3, -0.25) is 9.69 Å². The molecule has 3 heterocycles. The van der Waals surface area contributed by atoms with Gasteiger partial charge in [-0.05, 0) is 55.1 Å². The molecule has 0 aliphatic carbocycles. The second-order valence-electron chi connectivity index (χ2n) is 6.76. The summed E-state index contributed by atoms with van der Waals surface area (Å²) >= 11 is 3.15. The van der Waals surface area contributed by atoms with E-state index in [4.69, 9.17) is 4.74 Å². The zero-order chi connectivity index (χ0) is 19.3. The fourth-order valence-electron chi connectivity index (χ4n) is 3.51. The van der Waals surface area contributed by atoms with Crippen molar-refractivity contribution in [1.82, 2.24) is 15.2 Å². The highest BCUT2D eigenvalue weighted by Crippen LogP contribution is 2.28. The van der Waals surface area contributed by atoms with Gasteiger partial charge in [0.15, 0.2) is 0 Å². The Morgan fingerprint density at radius 2 is 2.00 bits per heavy atom. The molecule has 1 aliphatic heterocycles. The molecule has 146 valence electrons. The molecule has 1 fully saturated rings. The number of carbonyl (C=O) groups is 1. The van der Waals surface area contributed by atoms with Gasteiger partial charge in [0.05, 0.1) is 18.0 Å². The first-order valence-corrected chi connectivity index (χ1v) is 11.2. The van der Waals surface area contributed by atoms with Crippen LogP contribution in [0.5, 0.6) is 5.75 Å². The van der Waals surface area contributed by atoms with Crippen LogP contribution in [0.1, 0.15) is 34.9 Å². The van der Waals surface area contributed by atoms with Crippen LogP contribution in [0.15, 0.2) is 47.2 Å². The van der Waals surface area contributed by atoms with Crippen molar-refractivity contribution in [1.29, 1.82) is 0 Å². The first-order chi connectivity index (χ1) is 13.7. The number of likely N-dealkylation sites (tertiary alicyclic amines) is 1. The zero-order valence-electron chi connectivity index (χ0n) is 15.8. The normalized spacial score (nSPS) is 15.5. The van der Waals surface area contributed by atoms with Crippen LogP contribution in [-0.4, -0.2) is 42.5 Å². The Bertz CT molecular complexity index is 900. The third-order valence-corrected chi connectivity index (χ3v) is 6.89. The Hall–Kier alpha value is -2.22. The van der Waals surface area contributed by atoms with E-state index < -0.39 is 0 Å². The van der Waals surface area contributed by atoms with Crippen molar-refractivity contribution < 1.29 is 9.53 Å². The maximum atomic E-state index is 12.7. The van der Waals surface area contributed by atoms with Gasteiger partial charge in [0.25, 0.3) is 5.91 Å². The molecule has 1 unspecified atom stereocenters. The second-order valence-corrected chi connectivity index (χ2v) is 8.56. The first kappa shape index (κ1) is 19.1. The standard InChI is InChI=1S/C21H23N3O2S2/c1-26-16-8-6-15(7-9-16)18(24-10-2-3-11-24)13-22-20(25)17-14-28-21(23-17)19-5-4-12-27-19/h4-9,12,14,18H,2-3,10-11,13H2,1H3,(H,22,25). The number of hydrogen-bond donors (Lipinski definition) is 1. The van der Waals surface area contributed by atoms with Gasteiger partial charge in [0.2, 0.25) is 0 Å². The minimum atomic E-state index is -0.114. The predicted molar refractivity (Wildman–Crippen MR) is 114 cm³/mol. The molecule has 5 nitrogen and oxygen atoms in total. The van der Waals surface area contributed by atoms with Gasteiger partial charge in [0, 0.05) is 11.9 Å². The molecule has 0 bridgehead atoms. The molecule has 2 aromatic heterocycles. The van der Waals surface area contributed by atoms with Crippen molar-refractivity contribution in [2.45, 2.75) is 18.9 Å². The minimum absolute atomic E-state index is 0.114. The van der Waals surface area contributed by atoms with Crippen LogP contribution in [0.4, 0.5) is 0 Å². The van der Waals surface area contributed by atoms with E-state index in [2.05, 4.69) is 27.3 Å². The monoisotopic (exact) mass is 413 g/mol. The topological polar surface area (TPSA) is 54.5 Å². The number of nitrogens with one attached hydrogen (secondary N) is 1.